The second-order valence-corrected chi connectivity index (χ2v) is 10.7. The lowest BCUT2D eigenvalue weighted by Crippen LogP contribution is -2.31. The first-order valence-corrected chi connectivity index (χ1v) is 12.5. The van der Waals surface area contributed by atoms with Crippen molar-refractivity contribution in [2.75, 3.05) is 32.0 Å². The second kappa shape index (κ2) is 11.7. The van der Waals surface area contributed by atoms with E-state index >= 15 is 0 Å². The summed E-state index contributed by atoms with van der Waals surface area (Å²) in [6.45, 7) is 10.6. The third kappa shape index (κ3) is 7.56. The van der Waals surface area contributed by atoms with Crippen molar-refractivity contribution in [1.82, 2.24) is 14.8 Å². The van der Waals surface area contributed by atoms with Crippen LogP contribution in [0.3, 0.4) is 0 Å². The molecule has 1 aliphatic carbocycles. The Hall–Kier alpha value is -2.87. The van der Waals surface area contributed by atoms with Crippen LogP contribution in [0.2, 0.25) is 0 Å². The van der Waals surface area contributed by atoms with Crippen LogP contribution in [-0.4, -0.2) is 60.5 Å². The molecule has 0 spiro atoms. The number of piperidine rings is 1. The smallest absolute Gasteiger partial charge is 0.293 e. The zero-order chi connectivity index (χ0) is 25.6. The summed E-state index contributed by atoms with van der Waals surface area (Å²) in [5.74, 6) is 0.595. The molecule has 2 amide bonds. The largest absolute Gasteiger partial charge is 0.462 e. The SMILES string of the molecule is CC(C)(C)OC=O.Cc1cc2c(cc1NC(=O)CCNC=O)c(C1CC1)cn2C1CCN(C)CC1. The van der Waals surface area contributed by atoms with Crippen LogP contribution < -0.4 is 10.6 Å². The predicted octanol–water partition coefficient (Wildman–Crippen LogP) is 4.13. The maximum Gasteiger partial charge on any atom is 0.293 e. The summed E-state index contributed by atoms with van der Waals surface area (Å²) in [5, 5.41) is 6.85. The Labute approximate surface area is 208 Å². The summed E-state index contributed by atoms with van der Waals surface area (Å²) < 4.78 is 7.05. The lowest BCUT2D eigenvalue weighted by molar-refractivity contribution is -0.138. The van der Waals surface area contributed by atoms with E-state index in [0.29, 0.717) is 31.4 Å². The predicted molar refractivity (Wildman–Crippen MR) is 139 cm³/mol. The first-order valence-electron chi connectivity index (χ1n) is 12.5. The number of likely N-dealkylation sites (tertiary alicyclic amines) is 1. The van der Waals surface area contributed by atoms with Crippen LogP contribution in [0.1, 0.15) is 76.0 Å². The van der Waals surface area contributed by atoms with Crippen molar-refractivity contribution in [3.63, 3.8) is 0 Å². The maximum absolute atomic E-state index is 12.2. The van der Waals surface area contributed by atoms with E-state index in [0.717, 1.165) is 24.3 Å². The molecule has 2 heterocycles. The fourth-order valence-electron chi connectivity index (χ4n) is 4.46. The highest BCUT2D eigenvalue weighted by Crippen LogP contribution is 2.46. The molecule has 192 valence electrons. The highest BCUT2D eigenvalue weighted by molar-refractivity contribution is 5.96. The monoisotopic (exact) mass is 484 g/mol. The van der Waals surface area contributed by atoms with Crippen LogP contribution in [0.15, 0.2) is 18.3 Å². The Balaban J connectivity index is 0.000000429. The number of rotatable bonds is 8. The lowest BCUT2D eigenvalue weighted by Gasteiger charge is -2.30. The summed E-state index contributed by atoms with van der Waals surface area (Å²) in [6.07, 6.45) is 8.19. The zero-order valence-electron chi connectivity index (χ0n) is 21.7. The minimum Gasteiger partial charge on any atom is -0.462 e. The number of ether oxygens (including phenoxy) is 1. The van der Waals surface area contributed by atoms with Gasteiger partial charge in [-0.2, -0.15) is 0 Å². The molecule has 4 rings (SSSR count). The van der Waals surface area contributed by atoms with Crippen LogP contribution in [0.25, 0.3) is 10.9 Å². The van der Waals surface area contributed by atoms with E-state index in [1.54, 1.807) is 0 Å². The number of aryl methyl sites for hydroxylation is 1. The summed E-state index contributed by atoms with van der Waals surface area (Å²) in [6, 6.07) is 4.95. The van der Waals surface area contributed by atoms with Gasteiger partial charge in [0.25, 0.3) is 6.47 Å². The number of benzene rings is 1. The van der Waals surface area contributed by atoms with Crippen molar-refractivity contribution < 1.29 is 19.1 Å². The molecule has 8 heteroatoms. The van der Waals surface area contributed by atoms with E-state index in [4.69, 9.17) is 0 Å². The third-order valence-electron chi connectivity index (χ3n) is 6.56. The third-order valence-corrected chi connectivity index (χ3v) is 6.56. The van der Waals surface area contributed by atoms with Gasteiger partial charge in [0.2, 0.25) is 12.3 Å². The minimum absolute atomic E-state index is 0.0699. The lowest BCUT2D eigenvalue weighted by atomic mass is 10.0. The van der Waals surface area contributed by atoms with E-state index in [1.807, 2.05) is 20.8 Å². The number of hydrogen-bond donors (Lipinski definition) is 2. The average molecular weight is 485 g/mol. The Kier molecular flexibility index (Phi) is 8.94. The van der Waals surface area contributed by atoms with Crippen LogP contribution >= 0.6 is 0 Å². The van der Waals surface area contributed by atoms with E-state index in [2.05, 4.69) is 57.1 Å². The van der Waals surface area contributed by atoms with Crippen molar-refractivity contribution in [1.29, 1.82) is 0 Å². The summed E-state index contributed by atoms with van der Waals surface area (Å²) in [4.78, 5) is 34.6. The van der Waals surface area contributed by atoms with E-state index < -0.39 is 0 Å². The molecule has 8 nitrogen and oxygen atoms in total. The molecule has 0 radical (unpaired) electrons. The highest BCUT2D eigenvalue weighted by atomic mass is 16.5. The van der Waals surface area contributed by atoms with Gasteiger partial charge in [-0.1, -0.05) is 0 Å². The zero-order valence-corrected chi connectivity index (χ0v) is 21.7. The molecule has 0 unspecified atom stereocenters. The Morgan fingerprint density at radius 1 is 1.14 bits per heavy atom. The van der Waals surface area contributed by atoms with Crippen molar-refractivity contribution in [2.24, 2.45) is 0 Å². The molecule has 2 aromatic rings. The number of nitrogens with zero attached hydrogens (tertiary/aromatic N) is 2. The topological polar surface area (TPSA) is 92.7 Å². The number of fused-ring (bicyclic) bond motifs is 1. The molecule has 2 fully saturated rings. The van der Waals surface area contributed by atoms with E-state index in [-0.39, 0.29) is 17.9 Å². The van der Waals surface area contributed by atoms with E-state index in [9.17, 15) is 14.4 Å². The number of aromatic nitrogens is 1. The number of anilines is 1. The Morgan fingerprint density at radius 2 is 1.83 bits per heavy atom. The number of hydrogen-bond acceptors (Lipinski definition) is 5. The van der Waals surface area contributed by atoms with E-state index in [1.165, 1.54) is 42.1 Å². The van der Waals surface area contributed by atoms with Gasteiger partial charge >= 0.3 is 0 Å². The maximum atomic E-state index is 12.2. The van der Waals surface area contributed by atoms with Gasteiger partial charge in [-0.05, 0) is 103 Å². The van der Waals surface area contributed by atoms with Gasteiger partial charge in [0.05, 0.1) is 0 Å². The standard InChI is InChI=1S/C22H30N4O2.C5H10O2/c1-15-11-21-18(12-20(15)24-22(28)5-8-23-14-27)19(16-3-4-16)13-26(21)17-6-9-25(2)10-7-17;1-5(2,3)7-4-6/h11-14,16-17H,3-10H2,1-2H3,(H,23,27)(H,24,28);4H,1-3H3. The summed E-state index contributed by atoms with van der Waals surface area (Å²) in [7, 11) is 2.20. The fraction of sp³-hybridized carbons (Fsp3) is 0.593. The fourth-order valence-corrected chi connectivity index (χ4v) is 4.46. The van der Waals surface area contributed by atoms with Gasteiger partial charge in [-0.15, -0.1) is 0 Å². The highest BCUT2D eigenvalue weighted by Gasteiger charge is 2.29. The number of carbonyl (C=O) groups is 3. The van der Waals surface area contributed by atoms with Gasteiger partial charge < -0.3 is 24.8 Å². The summed E-state index contributed by atoms with van der Waals surface area (Å²) >= 11 is 0. The molecular formula is C27H40N4O4. The molecule has 1 aliphatic heterocycles. The van der Waals surface area contributed by atoms with Crippen molar-refractivity contribution >= 4 is 35.4 Å². The van der Waals surface area contributed by atoms with Gasteiger partial charge in [0.15, 0.2) is 0 Å². The normalized spacial score (nSPS) is 16.8. The number of carbonyl (C=O) groups excluding carboxylic acids is 3. The molecule has 0 bridgehead atoms. The van der Waals surface area contributed by atoms with Crippen molar-refractivity contribution in [3.05, 3.63) is 29.5 Å². The van der Waals surface area contributed by atoms with Gasteiger partial charge in [0, 0.05) is 41.8 Å². The van der Waals surface area contributed by atoms with Crippen LogP contribution in [0, 0.1) is 6.92 Å². The van der Waals surface area contributed by atoms with Crippen LogP contribution in [0.4, 0.5) is 5.69 Å². The molecule has 1 saturated heterocycles. The molecule has 1 aromatic carbocycles. The molecule has 1 aromatic heterocycles. The Bertz CT molecular complexity index is 1030. The number of amides is 2. The quantitative estimate of drug-likeness (QED) is 0.434. The van der Waals surface area contributed by atoms with Gasteiger partial charge in [-0.25, -0.2) is 0 Å². The van der Waals surface area contributed by atoms with Crippen LogP contribution in [-0.2, 0) is 19.1 Å². The van der Waals surface area contributed by atoms with Crippen molar-refractivity contribution in [3.8, 4) is 0 Å². The molecule has 2 N–H and O–H groups in total. The second-order valence-electron chi connectivity index (χ2n) is 10.7. The van der Waals surface area contributed by atoms with Crippen molar-refractivity contribution in [2.45, 2.75) is 77.4 Å². The molecule has 1 saturated carbocycles. The average Bonchev–Trinajstić information content (AvgIpc) is 3.57. The van der Waals surface area contributed by atoms with Gasteiger partial charge in [-0.3, -0.25) is 14.4 Å². The minimum atomic E-state index is -0.318. The molecular weight excluding hydrogens is 444 g/mol. The van der Waals surface area contributed by atoms with Gasteiger partial charge in [0.1, 0.15) is 5.60 Å². The first kappa shape index (κ1) is 26.7. The number of nitrogens with one attached hydrogen (secondary N) is 2. The molecule has 0 atom stereocenters. The Morgan fingerprint density at radius 3 is 2.37 bits per heavy atom. The molecule has 35 heavy (non-hydrogen) atoms. The summed E-state index contributed by atoms with van der Waals surface area (Å²) in [5.41, 5.74) is 4.38. The molecule has 2 aliphatic rings. The first-order chi connectivity index (χ1) is 16.6. The van der Waals surface area contributed by atoms with Crippen LogP contribution in [0.5, 0.6) is 0 Å².